The van der Waals surface area contributed by atoms with Crippen LogP contribution in [0.1, 0.15) is 0 Å². The Kier molecular flexibility index (Phi) is 50.7. The lowest BCUT2D eigenvalue weighted by Gasteiger charge is -2.28. The number of aliphatic carboxylic acids is 12. The molecular weight excluding hydrogens is 1280 g/mol. The molecule has 0 fully saturated rings. The average molecular weight is 1360 g/mol. The number of carbonyl (C=O) groups is 12. The Morgan fingerprint density at radius 3 is 0.356 bits per heavy atom. The van der Waals surface area contributed by atoms with Gasteiger partial charge in [-0.25, -0.2) is 0 Å². The summed E-state index contributed by atoms with van der Waals surface area (Å²) in [7, 11) is -13.6. The van der Waals surface area contributed by atoms with Crippen LogP contribution in [-0.4, -0.2) is 393 Å². The summed E-state index contributed by atoms with van der Waals surface area (Å²) in [6, 6.07) is 0. The minimum Gasteiger partial charge on any atom is -0.480 e. The number of hydrogen-bond acceptors (Lipinski definition) is 24. The highest BCUT2D eigenvalue weighted by molar-refractivity contribution is 7.52. The number of nitrogens with zero attached hydrogens (tertiary/aromatic N) is 9. The van der Waals surface area contributed by atoms with Gasteiger partial charge in [-0.2, -0.15) is 0 Å². The van der Waals surface area contributed by atoms with Gasteiger partial charge in [-0.15, -0.1) is 12.4 Å². The highest BCUT2D eigenvalue weighted by atomic mass is 35.5. The molecule has 87 heavy (non-hydrogen) atoms. The average Bonchev–Trinajstić information content (AvgIpc) is 3.34. The fraction of sp³-hybridized carbons (Fsp3) is 0.692. The van der Waals surface area contributed by atoms with Crippen molar-refractivity contribution in [1.82, 2.24) is 44.1 Å². The molecule has 0 heterocycles. The quantitative estimate of drug-likeness (QED) is 0.0252. The van der Waals surface area contributed by atoms with Crippen LogP contribution in [0.4, 0.5) is 0 Å². The topological polar surface area (TPSA) is 712 Å². The minimum absolute atomic E-state index is 0. The molecule has 0 spiro atoms. The summed E-state index contributed by atoms with van der Waals surface area (Å²) in [6.45, 7) is -8.77. The molecule has 0 bridgehead atoms. The van der Waals surface area contributed by atoms with E-state index in [0.29, 0.717) is 0 Å². The van der Waals surface area contributed by atoms with Gasteiger partial charge in [-0.05, 0) is 0 Å². The Labute approximate surface area is 498 Å². The Morgan fingerprint density at radius 1 is 0.207 bits per heavy atom. The standard InChI is InChI=1S/3C13H24N3O11P.ClH.2H2O/c3*17-10(18)5-15(6-11(19)20)3-1-14(9-28(25,26)27)2-4-16(7-12(21)22)8-13(23)24;;;/h3*1-9H2,(H,17,18)(H,19,20)(H,21,22)(H,23,24)(H2,25,26,27);1H;2*1H2. The van der Waals surface area contributed by atoms with Crippen LogP contribution >= 0.6 is 35.2 Å². The number of carboxylic acid groups (broad SMARTS) is 12. The van der Waals surface area contributed by atoms with Crippen molar-refractivity contribution in [2.75, 3.05) is 176 Å². The smallest absolute Gasteiger partial charge is 0.339 e. The first-order valence-corrected chi connectivity index (χ1v) is 29.0. The minimum atomic E-state index is -4.53. The van der Waals surface area contributed by atoms with Gasteiger partial charge in [0.05, 0.1) is 78.5 Å². The van der Waals surface area contributed by atoms with E-state index in [4.69, 9.17) is 90.6 Å². The molecule has 48 heteroatoms. The maximum absolute atomic E-state index is 11.3. The lowest BCUT2D eigenvalue weighted by Crippen LogP contribution is -2.44. The Balaban J connectivity index is -0.000000278. The van der Waals surface area contributed by atoms with Crippen LogP contribution in [0.15, 0.2) is 0 Å². The second-order valence-corrected chi connectivity index (χ2v) is 22.6. The molecule has 0 aliphatic heterocycles. The van der Waals surface area contributed by atoms with Crippen molar-refractivity contribution in [3.8, 4) is 0 Å². The van der Waals surface area contributed by atoms with E-state index < -0.39 is 192 Å². The SMILES string of the molecule is Cl.O.O.O=C(O)CN(CCN(CCN(CC(=O)O)CC(=O)O)CP(=O)(O)O)CC(=O)O.O=C(O)CN(CCN(CCN(CC(=O)O)CC(=O)O)CP(=O)(O)O)CC(=O)O.O=C(O)CN(CCN(CCN(CC(=O)O)CC(=O)O)CP(=O)(O)O)CC(=O)O. The van der Waals surface area contributed by atoms with Gasteiger partial charge < -0.3 is 102 Å². The van der Waals surface area contributed by atoms with Crippen molar-refractivity contribution in [2.45, 2.75) is 0 Å². The van der Waals surface area contributed by atoms with Crippen LogP contribution in [0.3, 0.4) is 0 Å². The van der Waals surface area contributed by atoms with Crippen LogP contribution in [0.2, 0.25) is 0 Å². The number of halogens is 1. The molecule has 0 unspecified atom stereocenters. The van der Waals surface area contributed by atoms with Crippen molar-refractivity contribution < 1.29 is 173 Å². The number of rotatable bonds is 48. The van der Waals surface area contributed by atoms with Gasteiger partial charge in [-0.3, -0.25) is 115 Å². The third-order valence-electron chi connectivity index (χ3n) is 9.85. The molecule has 0 aromatic heterocycles. The van der Waals surface area contributed by atoms with Crippen LogP contribution < -0.4 is 0 Å². The fourth-order valence-electron chi connectivity index (χ4n) is 6.82. The number of carboxylic acids is 12. The fourth-order valence-corrected chi connectivity index (χ4v) is 9.23. The lowest BCUT2D eigenvalue weighted by atomic mass is 10.4. The first-order chi connectivity index (χ1) is 38.3. The summed E-state index contributed by atoms with van der Waals surface area (Å²) in [5.41, 5.74) is 0. The van der Waals surface area contributed by atoms with Crippen molar-refractivity contribution in [1.29, 1.82) is 0 Å². The van der Waals surface area contributed by atoms with Gasteiger partial charge >= 0.3 is 94.4 Å². The summed E-state index contributed by atoms with van der Waals surface area (Å²) in [5, 5.41) is 106. The molecule has 0 amide bonds. The van der Waals surface area contributed by atoms with Crippen LogP contribution in [0.25, 0.3) is 0 Å². The molecular formula is C39H77ClN9O35P3. The molecule has 510 valence electrons. The molecule has 0 aromatic rings. The summed E-state index contributed by atoms with van der Waals surface area (Å²) in [5.74, 6) is -15.4. The molecule has 0 aliphatic carbocycles. The van der Waals surface area contributed by atoms with E-state index in [2.05, 4.69) is 0 Å². The van der Waals surface area contributed by atoms with Crippen LogP contribution in [0, 0.1) is 0 Å². The number of hydrogen-bond donors (Lipinski definition) is 18. The van der Waals surface area contributed by atoms with E-state index in [1.807, 2.05) is 0 Å². The maximum Gasteiger partial charge on any atom is 0.339 e. The Morgan fingerprint density at radius 2 is 0.287 bits per heavy atom. The Bertz CT molecular complexity index is 1870. The first-order valence-electron chi connectivity index (χ1n) is 23.6. The zero-order valence-corrected chi connectivity index (χ0v) is 49.5. The molecule has 0 aromatic carbocycles. The van der Waals surface area contributed by atoms with Crippen LogP contribution in [-0.2, 0) is 71.2 Å². The molecule has 22 N–H and O–H groups in total. The van der Waals surface area contributed by atoms with Crippen molar-refractivity contribution in [2.24, 2.45) is 0 Å². The van der Waals surface area contributed by atoms with Crippen molar-refractivity contribution >= 4 is 107 Å². The van der Waals surface area contributed by atoms with E-state index in [1.54, 1.807) is 0 Å². The molecule has 0 rings (SSSR count). The highest BCUT2D eigenvalue weighted by Crippen LogP contribution is 2.36. The first kappa shape index (κ1) is 92.1. The van der Waals surface area contributed by atoms with E-state index in [-0.39, 0.29) is 102 Å². The van der Waals surface area contributed by atoms with Crippen molar-refractivity contribution in [3.63, 3.8) is 0 Å². The van der Waals surface area contributed by atoms with Gasteiger partial charge in [0.2, 0.25) is 0 Å². The van der Waals surface area contributed by atoms with Gasteiger partial charge in [-0.1, -0.05) is 0 Å². The van der Waals surface area contributed by atoms with E-state index in [9.17, 15) is 71.2 Å². The molecule has 0 saturated carbocycles. The monoisotopic (exact) mass is 1360 g/mol. The summed E-state index contributed by atoms with van der Waals surface area (Å²) in [6.07, 6.45) is -2.22. The summed E-state index contributed by atoms with van der Waals surface area (Å²) in [4.78, 5) is 194. The maximum atomic E-state index is 11.3. The highest BCUT2D eigenvalue weighted by Gasteiger charge is 2.27. The van der Waals surface area contributed by atoms with Gasteiger partial charge in [0.1, 0.15) is 18.9 Å². The van der Waals surface area contributed by atoms with Gasteiger partial charge in [0.25, 0.3) is 0 Å². The predicted octanol–water partition coefficient (Wildman–Crippen LogP) is -9.13. The second-order valence-electron chi connectivity index (χ2n) is 17.8. The second kappa shape index (κ2) is 47.9. The van der Waals surface area contributed by atoms with E-state index in [0.717, 1.165) is 29.4 Å². The summed E-state index contributed by atoms with van der Waals surface area (Å²) < 4.78 is 33.9. The third-order valence-corrected chi connectivity index (χ3v) is 12.2. The van der Waals surface area contributed by atoms with Gasteiger partial charge in [0.15, 0.2) is 0 Å². The predicted molar refractivity (Wildman–Crippen MR) is 290 cm³/mol. The van der Waals surface area contributed by atoms with Gasteiger partial charge in [0, 0.05) is 78.5 Å². The van der Waals surface area contributed by atoms with Crippen LogP contribution in [0.5, 0.6) is 0 Å². The summed E-state index contributed by atoms with van der Waals surface area (Å²) >= 11 is 0. The Hall–Kier alpha value is -6.06. The van der Waals surface area contributed by atoms with Crippen molar-refractivity contribution in [3.05, 3.63) is 0 Å². The zero-order valence-electron chi connectivity index (χ0n) is 46.0. The lowest BCUT2D eigenvalue weighted by molar-refractivity contribution is -0.144. The molecule has 0 radical (unpaired) electrons. The van der Waals surface area contributed by atoms with E-state index >= 15 is 0 Å². The van der Waals surface area contributed by atoms with E-state index in [1.165, 1.54) is 14.7 Å². The molecule has 0 saturated heterocycles. The molecule has 44 nitrogen and oxygen atoms in total. The molecule has 0 aliphatic rings. The molecule has 0 atom stereocenters. The third kappa shape index (κ3) is 64.2. The zero-order chi connectivity index (χ0) is 65.7. The largest absolute Gasteiger partial charge is 0.480 e. The normalized spacial score (nSPS) is 11.5.